The molecule has 112 valence electrons. The van der Waals surface area contributed by atoms with Crippen LogP contribution in [-0.4, -0.2) is 12.6 Å². The Balaban J connectivity index is 2.48. The van der Waals surface area contributed by atoms with E-state index in [9.17, 15) is 4.79 Å². The summed E-state index contributed by atoms with van der Waals surface area (Å²) in [6.07, 6.45) is 6.45. The van der Waals surface area contributed by atoms with E-state index >= 15 is 0 Å². The molecular weight excluding hydrogens is 260 g/mol. The van der Waals surface area contributed by atoms with Crippen molar-refractivity contribution in [3.05, 3.63) is 61.2 Å². The van der Waals surface area contributed by atoms with Crippen molar-refractivity contribution in [2.45, 2.75) is 31.6 Å². The SMILES string of the molecule is C=C[C@@H]1CC[C@@H](C=C)C1(CC(=O)OCC)c1ccccc1. The van der Waals surface area contributed by atoms with Crippen LogP contribution in [0, 0.1) is 11.8 Å². The standard InChI is InChI=1S/C19H24O2/c1-4-15-12-13-16(5-2)19(15,14-18(20)21-6-3)17-10-8-7-9-11-17/h4-5,7-11,15-16H,1-2,6,12-14H2,3H3/t15-,16-/m1/s1. The summed E-state index contributed by atoms with van der Waals surface area (Å²) in [7, 11) is 0. The summed E-state index contributed by atoms with van der Waals surface area (Å²) >= 11 is 0. The molecule has 1 aromatic carbocycles. The predicted molar refractivity (Wildman–Crippen MR) is 86.0 cm³/mol. The molecule has 0 spiro atoms. The van der Waals surface area contributed by atoms with Crippen molar-refractivity contribution in [1.29, 1.82) is 0 Å². The molecule has 2 nitrogen and oxygen atoms in total. The van der Waals surface area contributed by atoms with Gasteiger partial charge in [-0.2, -0.15) is 0 Å². The van der Waals surface area contributed by atoms with Gasteiger partial charge >= 0.3 is 5.97 Å². The zero-order valence-electron chi connectivity index (χ0n) is 12.8. The van der Waals surface area contributed by atoms with Crippen LogP contribution in [0.5, 0.6) is 0 Å². The quantitative estimate of drug-likeness (QED) is 0.576. The van der Waals surface area contributed by atoms with Crippen molar-refractivity contribution in [2.75, 3.05) is 6.61 Å². The van der Waals surface area contributed by atoms with Crippen molar-refractivity contribution in [3.63, 3.8) is 0 Å². The van der Waals surface area contributed by atoms with Crippen LogP contribution in [0.4, 0.5) is 0 Å². The fraction of sp³-hybridized carbons (Fsp3) is 0.421. The van der Waals surface area contributed by atoms with Gasteiger partial charge in [-0.25, -0.2) is 0 Å². The number of carbonyl (C=O) groups excluding carboxylic acids is 1. The minimum Gasteiger partial charge on any atom is -0.466 e. The van der Waals surface area contributed by atoms with Crippen LogP contribution in [0.15, 0.2) is 55.6 Å². The van der Waals surface area contributed by atoms with E-state index in [1.165, 1.54) is 5.56 Å². The van der Waals surface area contributed by atoms with Gasteiger partial charge in [0.2, 0.25) is 0 Å². The monoisotopic (exact) mass is 284 g/mol. The summed E-state index contributed by atoms with van der Waals surface area (Å²) in [4.78, 5) is 12.2. The molecule has 0 radical (unpaired) electrons. The van der Waals surface area contributed by atoms with Crippen LogP contribution in [0.1, 0.15) is 31.7 Å². The Hall–Kier alpha value is -1.83. The van der Waals surface area contributed by atoms with Gasteiger partial charge in [-0.15, -0.1) is 13.2 Å². The second-order valence-corrected chi connectivity index (χ2v) is 5.65. The number of carbonyl (C=O) groups is 1. The van der Waals surface area contributed by atoms with E-state index in [1.54, 1.807) is 0 Å². The molecule has 0 amide bonds. The molecule has 0 aromatic heterocycles. The number of hydrogen-bond acceptors (Lipinski definition) is 2. The van der Waals surface area contributed by atoms with Gasteiger partial charge in [0.1, 0.15) is 0 Å². The van der Waals surface area contributed by atoms with E-state index in [1.807, 2.05) is 37.3 Å². The molecule has 21 heavy (non-hydrogen) atoms. The van der Waals surface area contributed by atoms with Crippen LogP contribution in [0.25, 0.3) is 0 Å². The highest BCUT2D eigenvalue weighted by Crippen LogP contribution is 2.53. The maximum absolute atomic E-state index is 12.2. The van der Waals surface area contributed by atoms with Gasteiger partial charge in [0.25, 0.3) is 0 Å². The molecule has 1 aliphatic rings. The van der Waals surface area contributed by atoms with Crippen molar-refractivity contribution in [2.24, 2.45) is 11.8 Å². The van der Waals surface area contributed by atoms with Crippen LogP contribution in [0.3, 0.4) is 0 Å². The molecule has 0 unspecified atom stereocenters. The fourth-order valence-electron chi connectivity index (χ4n) is 3.80. The average Bonchev–Trinajstić information content (AvgIpc) is 2.86. The molecule has 0 aliphatic heterocycles. The molecule has 0 bridgehead atoms. The van der Waals surface area contributed by atoms with Gasteiger partial charge in [-0.3, -0.25) is 4.79 Å². The van der Waals surface area contributed by atoms with E-state index in [4.69, 9.17) is 4.74 Å². The summed E-state index contributed by atoms with van der Waals surface area (Å²) < 4.78 is 5.23. The fourth-order valence-corrected chi connectivity index (χ4v) is 3.80. The van der Waals surface area contributed by atoms with E-state index in [0.717, 1.165) is 12.8 Å². The number of allylic oxidation sites excluding steroid dienone is 2. The highest BCUT2D eigenvalue weighted by atomic mass is 16.5. The van der Waals surface area contributed by atoms with Crippen molar-refractivity contribution in [3.8, 4) is 0 Å². The normalized spacial score (nSPS) is 23.5. The van der Waals surface area contributed by atoms with Crippen LogP contribution in [0.2, 0.25) is 0 Å². The van der Waals surface area contributed by atoms with Crippen molar-refractivity contribution >= 4 is 5.97 Å². The number of rotatable bonds is 6. The van der Waals surface area contributed by atoms with Crippen molar-refractivity contribution < 1.29 is 9.53 Å². The molecule has 0 heterocycles. The van der Waals surface area contributed by atoms with Gasteiger partial charge in [0, 0.05) is 5.41 Å². The maximum Gasteiger partial charge on any atom is 0.306 e. The van der Waals surface area contributed by atoms with Gasteiger partial charge < -0.3 is 4.74 Å². The van der Waals surface area contributed by atoms with Crippen LogP contribution in [-0.2, 0) is 14.9 Å². The van der Waals surface area contributed by atoms with Crippen molar-refractivity contribution in [1.82, 2.24) is 0 Å². The average molecular weight is 284 g/mol. The lowest BCUT2D eigenvalue weighted by Crippen LogP contribution is -2.38. The van der Waals surface area contributed by atoms with E-state index in [0.29, 0.717) is 13.0 Å². The second kappa shape index (κ2) is 6.75. The summed E-state index contributed by atoms with van der Waals surface area (Å²) in [5.41, 5.74) is 0.919. The predicted octanol–water partition coefficient (Wildman–Crippen LogP) is 4.28. The molecule has 1 fully saturated rings. The molecule has 1 saturated carbocycles. The van der Waals surface area contributed by atoms with Crippen LogP contribution >= 0.6 is 0 Å². The first kappa shape index (κ1) is 15.6. The number of hydrogen-bond donors (Lipinski definition) is 0. The molecule has 0 N–H and O–H groups in total. The van der Waals surface area contributed by atoms with Gasteiger partial charge in [0.15, 0.2) is 0 Å². The Morgan fingerprint density at radius 2 is 1.81 bits per heavy atom. The lowest BCUT2D eigenvalue weighted by Gasteiger charge is -2.38. The Morgan fingerprint density at radius 3 is 2.29 bits per heavy atom. The van der Waals surface area contributed by atoms with E-state index in [2.05, 4.69) is 25.3 Å². The maximum atomic E-state index is 12.2. The largest absolute Gasteiger partial charge is 0.466 e. The van der Waals surface area contributed by atoms with Gasteiger partial charge in [-0.05, 0) is 37.2 Å². The van der Waals surface area contributed by atoms with Gasteiger partial charge in [0.05, 0.1) is 13.0 Å². The number of ether oxygens (including phenoxy) is 1. The Morgan fingerprint density at radius 1 is 1.24 bits per heavy atom. The first-order valence-corrected chi connectivity index (χ1v) is 7.65. The zero-order valence-corrected chi connectivity index (χ0v) is 12.8. The van der Waals surface area contributed by atoms with Gasteiger partial charge in [-0.1, -0.05) is 42.5 Å². The summed E-state index contributed by atoms with van der Waals surface area (Å²) in [5.74, 6) is 0.404. The first-order valence-electron chi connectivity index (χ1n) is 7.65. The Labute approximate surface area is 127 Å². The molecule has 2 atom stereocenters. The third-order valence-electron chi connectivity index (χ3n) is 4.73. The number of benzene rings is 1. The van der Waals surface area contributed by atoms with E-state index in [-0.39, 0.29) is 23.2 Å². The lowest BCUT2D eigenvalue weighted by atomic mass is 9.65. The molecule has 2 rings (SSSR count). The minimum atomic E-state index is -0.267. The summed E-state index contributed by atoms with van der Waals surface area (Å²) in [6.45, 7) is 10.3. The van der Waals surface area contributed by atoms with Crippen LogP contribution < -0.4 is 0 Å². The lowest BCUT2D eigenvalue weighted by molar-refractivity contribution is -0.145. The minimum absolute atomic E-state index is 0.137. The second-order valence-electron chi connectivity index (χ2n) is 5.65. The highest BCUT2D eigenvalue weighted by Gasteiger charge is 2.50. The summed E-state index contributed by atoms with van der Waals surface area (Å²) in [6, 6.07) is 10.3. The number of esters is 1. The third kappa shape index (κ3) is 2.80. The Kier molecular flexibility index (Phi) is 5.00. The Bertz CT molecular complexity index is 488. The molecule has 2 heteroatoms. The molecule has 1 aliphatic carbocycles. The first-order chi connectivity index (χ1) is 10.2. The van der Waals surface area contributed by atoms with E-state index < -0.39 is 0 Å². The zero-order chi connectivity index (χ0) is 15.3. The third-order valence-corrected chi connectivity index (χ3v) is 4.73. The topological polar surface area (TPSA) is 26.3 Å². The molecular formula is C19H24O2. The highest BCUT2D eigenvalue weighted by molar-refractivity contribution is 5.72. The summed E-state index contributed by atoms with van der Waals surface area (Å²) in [5, 5.41) is 0. The smallest absolute Gasteiger partial charge is 0.306 e. The molecule has 0 saturated heterocycles. The molecule has 1 aromatic rings.